The van der Waals surface area contributed by atoms with E-state index in [0.717, 1.165) is 21.5 Å². The fourth-order valence-electron chi connectivity index (χ4n) is 4.58. The Labute approximate surface area is 203 Å². The van der Waals surface area contributed by atoms with Gasteiger partial charge in [0.1, 0.15) is 24.1 Å². The summed E-state index contributed by atoms with van der Waals surface area (Å²) in [5.74, 6) is 0.920. The normalized spacial score (nSPS) is 28.4. The van der Waals surface area contributed by atoms with Crippen LogP contribution in [0.1, 0.15) is 29.6 Å². The molecule has 35 heavy (non-hydrogen) atoms. The minimum absolute atomic E-state index is 0.199. The van der Waals surface area contributed by atoms with E-state index in [1.165, 1.54) is 11.3 Å². The van der Waals surface area contributed by atoms with Gasteiger partial charge in [-0.2, -0.15) is 5.10 Å². The Morgan fingerprint density at radius 2 is 2.06 bits per heavy atom. The number of aliphatic hydroxyl groups excluding tert-OH is 1. The Hall–Kier alpha value is -3.38. The van der Waals surface area contributed by atoms with Gasteiger partial charge in [-0.25, -0.2) is 14.6 Å². The Morgan fingerprint density at radius 1 is 1.20 bits per heavy atom. The van der Waals surface area contributed by atoms with Gasteiger partial charge in [0.05, 0.1) is 40.2 Å². The van der Waals surface area contributed by atoms with Gasteiger partial charge in [-0.3, -0.25) is 0 Å². The summed E-state index contributed by atoms with van der Waals surface area (Å²) in [4.78, 5) is 11.9. The molecule has 0 bridgehead atoms. The van der Waals surface area contributed by atoms with Gasteiger partial charge in [0.25, 0.3) is 0 Å². The van der Waals surface area contributed by atoms with Gasteiger partial charge < -0.3 is 19.3 Å². The van der Waals surface area contributed by atoms with Crippen molar-refractivity contribution >= 4 is 21.6 Å². The fraction of sp³-hybridized carbons (Fsp3) is 0.348. The van der Waals surface area contributed by atoms with Crippen molar-refractivity contribution in [2.24, 2.45) is 5.11 Å². The minimum atomic E-state index is -1.21. The van der Waals surface area contributed by atoms with Crippen molar-refractivity contribution < 1.29 is 19.3 Å². The fourth-order valence-corrected chi connectivity index (χ4v) is 5.29. The van der Waals surface area contributed by atoms with E-state index in [9.17, 15) is 10.6 Å². The first-order valence-corrected chi connectivity index (χ1v) is 12.0. The van der Waals surface area contributed by atoms with Crippen LogP contribution in [0.15, 0.2) is 59.2 Å². The van der Waals surface area contributed by atoms with E-state index in [1.807, 2.05) is 48.5 Å². The minimum Gasteiger partial charge on any atom is -0.389 e. The summed E-state index contributed by atoms with van der Waals surface area (Å²) in [5.41, 5.74) is 13.5. The number of azide groups is 1. The van der Waals surface area contributed by atoms with E-state index in [4.69, 9.17) is 14.2 Å². The molecule has 0 saturated carbocycles. The molecule has 4 aromatic rings. The summed E-state index contributed by atoms with van der Waals surface area (Å²) >= 11 is 1.52. The van der Waals surface area contributed by atoms with Gasteiger partial charge in [0, 0.05) is 10.5 Å². The Bertz CT molecular complexity index is 1400. The van der Waals surface area contributed by atoms with Gasteiger partial charge in [0.15, 0.2) is 12.1 Å². The quantitative estimate of drug-likeness (QED) is 0.260. The summed E-state index contributed by atoms with van der Waals surface area (Å²) in [5, 5.41) is 19.8. The summed E-state index contributed by atoms with van der Waals surface area (Å²) in [7, 11) is 0. The Balaban J connectivity index is 1.34. The predicted molar refractivity (Wildman–Crippen MR) is 126 cm³/mol. The van der Waals surface area contributed by atoms with Crippen molar-refractivity contribution in [2.75, 3.05) is 6.61 Å². The van der Waals surface area contributed by atoms with E-state index in [-0.39, 0.29) is 6.61 Å². The third-order valence-electron chi connectivity index (χ3n) is 6.19. The van der Waals surface area contributed by atoms with Gasteiger partial charge in [0.2, 0.25) is 0 Å². The maximum Gasteiger partial charge on any atom is 0.184 e. The molecule has 6 rings (SSSR count). The summed E-state index contributed by atoms with van der Waals surface area (Å²) in [6, 6.07) is 14.3. The molecule has 0 aliphatic carbocycles. The average Bonchev–Trinajstić information content (AvgIpc) is 3.51. The smallest absolute Gasteiger partial charge is 0.184 e. The SMILES string of the molecule is Cc1nc([C@@H]2OC3COC(c4ccccc4)O[C@@H]3[C@H](N=[N+]=[N-])C2O)n(-c2ccc3ncsc3c2)n1. The van der Waals surface area contributed by atoms with Crippen LogP contribution in [0.3, 0.4) is 0 Å². The van der Waals surface area contributed by atoms with Gasteiger partial charge >= 0.3 is 0 Å². The number of fused-ring (bicyclic) bond motifs is 2. The lowest BCUT2D eigenvalue weighted by Gasteiger charge is -2.46. The van der Waals surface area contributed by atoms with Crippen molar-refractivity contribution in [3.05, 3.63) is 81.7 Å². The maximum atomic E-state index is 11.3. The van der Waals surface area contributed by atoms with Crippen molar-refractivity contribution in [3.8, 4) is 5.69 Å². The first-order valence-electron chi connectivity index (χ1n) is 11.1. The highest BCUT2D eigenvalue weighted by Gasteiger charge is 2.51. The molecule has 0 radical (unpaired) electrons. The van der Waals surface area contributed by atoms with Gasteiger partial charge in [-0.1, -0.05) is 35.4 Å². The van der Waals surface area contributed by atoms with Crippen molar-refractivity contribution in [3.63, 3.8) is 0 Å². The van der Waals surface area contributed by atoms with Crippen molar-refractivity contribution in [2.45, 2.75) is 43.7 Å². The van der Waals surface area contributed by atoms with E-state index in [1.54, 1.807) is 17.1 Å². The average molecular weight is 492 g/mol. The van der Waals surface area contributed by atoms with Gasteiger partial charge in [-0.15, -0.1) is 11.3 Å². The van der Waals surface area contributed by atoms with Crippen LogP contribution < -0.4 is 0 Å². The summed E-state index contributed by atoms with van der Waals surface area (Å²) in [6.45, 7) is 1.97. The van der Waals surface area contributed by atoms with Crippen LogP contribution in [-0.4, -0.2) is 55.8 Å². The molecule has 2 aliphatic rings. The lowest BCUT2D eigenvalue weighted by Crippen LogP contribution is -2.58. The molecule has 2 aliphatic heterocycles. The highest BCUT2D eigenvalue weighted by atomic mass is 32.1. The molecule has 2 aromatic carbocycles. The highest BCUT2D eigenvalue weighted by molar-refractivity contribution is 7.16. The molecule has 11 nitrogen and oxygen atoms in total. The predicted octanol–water partition coefficient (Wildman–Crippen LogP) is 3.78. The number of ether oxygens (including phenoxy) is 3. The molecule has 0 spiro atoms. The molecule has 2 saturated heterocycles. The van der Waals surface area contributed by atoms with Crippen LogP contribution in [0, 0.1) is 6.92 Å². The first kappa shape index (κ1) is 22.1. The standard InChI is InChI=1S/C23H21N7O4S/c1-12-26-22(30(28-12)14-7-8-15-17(9-14)35-11-25-15)21-19(31)18(27-29-24)20-16(33-21)10-32-23(34-20)13-5-3-2-4-6-13/h2-9,11,16,18-21,23,31H,10H2,1H3/t16?,18-,19?,20+,21-,23?/m1/s1. The topological polar surface area (TPSA) is 140 Å². The molecule has 2 fully saturated rings. The summed E-state index contributed by atoms with van der Waals surface area (Å²) in [6.07, 6.45) is -4.05. The third kappa shape index (κ3) is 3.96. The molecule has 4 heterocycles. The maximum absolute atomic E-state index is 11.3. The number of rotatable bonds is 4. The summed E-state index contributed by atoms with van der Waals surface area (Å²) < 4.78 is 21.0. The van der Waals surface area contributed by atoms with Crippen LogP contribution in [0.4, 0.5) is 0 Å². The van der Waals surface area contributed by atoms with Crippen molar-refractivity contribution in [1.82, 2.24) is 19.7 Å². The van der Waals surface area contributed by atoms with Gasteiger partial charge in [-0.05, 0) is 30.7 Å². The zero-order valence-electron chi connectivity index (χ0n) is 18.6. The van der Waals surface area contributed by atoms with Crippen LogP contribution >= 0.6 is 11.3 Å². The number of thiazole rings is 1. The zero-order valence-corrected chi connectivity index (χ0v) is 19.4. The number of hydrogen-bond acceptors (Lipinski definition) is 9. The van der Waals surface area contributed by atoms with Crippen LogP contribution in [0.25, 0.3) is 26.3 Å². The number of hydrogen-bond donors (Lipinski definition) is 1. The lowest BCUT2D eigenvalue weighted by atomic mass is 9.91. The number of aryl methyl sites for hydroxylation is 1. The monoisotopic (exact) mass is 491 g/mol. The molecule has 6 atom stereocenters. The molecular weight excluding hydrogens is 470 g/mol. The van der Waals surface area contributed by atoms with Crippen LogP contribution in [0.2, 0.25) is 0 Å². The van der Waals surface area contributed by atoms with Crippen molar-refractivity contribution in [1.29, 1.82) is 0 Å². The first-order chi connectivity index (χ1) is 17.1. The molecule has 3 unspecified atom stereocenters. The Morgan fingerprint density at radius 3 is 2.89 bits per heavy atom. The molecule has 0 amide bonds. The van der Waals surface area contributed by atoms with E-state index in [2.05, 4.69) is 25.1 Å². The molecule has 12 heteroatoms. The number of nitrogens with zero attached hydrogens (tertiary/aromatic N) is 7. The third-order valence-corrected chi connectivity index (χ3v) is 6.98. The van der Waals surface area contributed by atoms with E-state index < -0.39 is 36.7 Å². The Kier molecular flexibility index (Phi) is 5.69. The van der Waals surface area contributed by atoms with Crippen LogP contribution in [-0.2, 0) is 14.2 Å². The second kappa shape index (κ2) is 9.00. The lowest BCUT2D eigenvalue weighted by molar-refractivity contribution is -0.309. The highest BCUT2D eigenvalue weighted by Crippen LogP contribution is 2.40. The largest absolute Gasteiger partial charge is 0.389 e. The number of benzene rings is 2. The molecule has 178 valence electrons. The number of aliphatic hydroxyl groups is 1. The molecular formula is C23H21N7O4S. The zero-order chi connectivity index (χ0) is 23.9. The second-order valence-corrected chi connectivity index (χ2v) is 9.28. The van der Waals surface area contributed by atoms with E-state index >= 15 is 0 Å². The van der Waals surface area contributed by atoms with E-state index in [0.29, 0.717) is 11.6 Å². The molecule has 1 N–H and O–H groups in total. The number of aromatic nitrogens is 4. The second-order valence-electron chi connectivity index (χ2n) is 8.39. The van der Waals surface area contributed by atoms with Crippen LogP contribution in [0.5, 0.6) is 0 Å². The molecule has 2 aromatic heterocycles.